The highest BCUT2D eigenvalue weighted by Crippen LogP contribution is 2.34. The summed E-state index contributed by atoms with van der Waals surface area (Å²) in [5, 5.41) is 0. The second-order valence-corrected chi connectivity index (χ2v) is 5.97. The number of hydrogen-bond acceptors (Lipinski definition) is 2. The lowest BCUT2D eigenvalue weighted by Gasteiger charge is -2.19. The van der Waals surface area contributed by atoms with Crippen LogP contribution < -0.4 is 0 Å². The van der Waals surface area contributed by atoms with E-state index in [1.54, 1.807) is 0 Å². The van der Waals surface area contributed by atoms with Crippen molar-refractivity contribution < 1.29 is 9.47 Å². The summed E-state index contributed by atoms with van der Waals surface area (Å²) in [5.74, 6) is 0.948. The minimum atomic E-state index is -0.390. The first kappa shape index (κ1) is 13.0. The molecule has 90 valence electrons. The third-order valence-corrected chi connectivity index (χ3v) is 2.69. The van der Waals surface area contributed by atoms with Crippen molar-refractivity contribution in [2.75, 3.05) is 0 Å². The van der Waals surface area contributed by atoms with Gasteiger partial charge in [-0.1, -0.05) is 27.7 Å². The molecule has 1 aliphatic heterocycles. The van der Waals surface area contributed by atoms with Gasteiger partial charge in [0.05, 0.1) is 12.2 Å². The third-order valence-electron chi connectivity index (χ3n) is 2.69. The van der Waals surface area contributed by atoms with Gasteiger partial charge < -0.3 is 9.47 Å². The maximum atomic E-state index is 5.95. The summed E-state index contributed by atoms with van der Waals surface area (Å²) in [5.41, 5.74) is 0. The quantitative estimate of drug-likeness (QED) is 0.712. The fraction of sp³-hybridized carbons (Fsp3) is 1.00. The fourth-order valence-corrected chi connectivity index (χ4v) is 2.24. The van der Waals surface area contributed by atoms with Crippen LogP contribution in [-0.4, -0.2) is 18.0 Å². The van der Waals surface area contributed by atoms with Gasteiger partial charge >= 0.3 is 0 Å². The predicted molar refractivity (Wildman–Crippen MR) is 62.7 cm³/mol. The fourth-order valence-electron chi connectivity index (χ4n) is 2.24. The molecule has 0 saturated carbocycles. The van der Waals surface area contributed by atoms with Gasteiger partial charge in [-0.25, -0.2) is 0 Å². The molecule has 0 bridgehead atoms. The Morgan fingerprint density at radius 1 is 0.867 bits per heavy atom. The lowest BCUT2D eigenvalue weighted by atomic mass is 9.96. The maximum Gasteiger partial charge on any atom is 0.163 e. The summed E-state index contributed by atoms with van der Waals surface area (Å²) in [6.07, 6.45) is 2.76. The van der Waals surface area contributed by atoms with E-state index in [4.69, 9.17) is 9.47 Å². The lowest BCUT2D eigenvalue weighted by molar-refractivity contribution is -0.148. The van der Waals surface area contributed by atoms with Crippen LogP contribution >= 0.6 is 0 Å². The van der Waals surface area contributed by atoms with Gasteiger partial charge in [0, 0.05) is 0 Å². The molecule has 0 aromatic rings. The van der Waals surface area contributed by atoms with Crippen molar-refractivity contribution in [1.82, 2.24) is 0 Å². The van der Waals surface area contributed by atoms with E-state index >= 15 is 0 Å². The largest absolute Gasteiger partial charge is 0.345 e. The van der Waals surface area contributed by atoms with E-state index < -0.39 is 0 Å². The molecule has 0 aliphatic carbocycles. The van der Waals surface area contributed by atoms with Crippen molar-refractivity contribution in [3.63, 3.8) is 0 Å². The summed E-state index contributed by atoms with van der Waals surface area (Å²) in [7, 11) is 0. The van der Waals surface area contributed by atoms with Crippen LogP contribution in [-0.2, 0) is 9.47 Å². The zero-order valence-corrected chi connectivity index (χ0v) is 11.0. The van der Waals surface area contributed by atoms with E-state index in [-0.39, 0.29) is 18.0 Å². The molecule has 0 aromatic carbocycles. The van der Waals surface area contributed by atoms with Gasteiger partial charge in [-0.3, -0.25) is 0 Å². The molecule has 15 heavy (non-hydrogen) atoms. The molecule has 0 spiro atoms. The molecule has 1 rings (SSSR count). The van der Waals surface area contributed by atoms with E-state index in [0.717, 1.165) is 12.8 Å². The van der Waals surface area contributed by atoms with Gasteiger partial charge in [-0.2, -0.15) is 0 Å². The van der Waals surface area contributed by atoms with E-state index in [2.05, 4.69) is 27.7 Å². The van der Waals surface area contributed by atoms with E-state index in [9.17, 15) is 0 Å². The third kappa shape index (κ3) is 4.12. The lowest BCUT2D eigenvalue weighted by Crippen LogP contribution is -2.25. The summed E-state index contributed by atoms with van der Waals surface area (Å²) < 4.78 is 11.9. The molecule has 2 atom stereocenters. The van der Waals surface area contributed by atoms with Crippen molar-refractivity contribution in [1.29, 1.82) is 0 Å². The van der Waals surface area contributed by atoms with Crippen LogP contribution in [0, 0.1) is 11.8 Å². The molecule has 2 heteroatoms. The van der Waals surface area contributed by atoms with Crippen LogP contribution in [0.5, 0.6) is 0 Å². The van der Waals surface area contributed by atoms with E-state index in [1.165, 1.54) is 0 Å². The first-order valence-corrected chi connectivity index (χ1v) is 6.16. The summed E-state index contributed by atoms with van der Waals surface area (Å²) in [6.45, 7) is 13.0. The summed E-state index contributed by atoms with van der Waals surface area (Å²) in [6, 6.07) is 0. The molecule has 1 fully saturated rings. The number of rotatable bonds is 4. The van der Waals surface area contributed by atoms with Crippen LogP contribution in [0.3, 0.4) is 0 Å². The molecule has 1 aliphatic rings. The van der Waals surface area contributed by atoms with Gasteiger partial charge in [0.25, 0.3) is 0 Å². The first-order valence-electron chi connectivity index (χ1n) is 6.16. The Morgan fingerprint density at radius 2 is 1.20 bits per heavy atom. The second kappa shape index (κ2) is 4.84. The Labute approximate surface area is 94.3 Å². The maximum absolute atomic E-state index is 5.95. The average molecular weight is 214 g/mol. The molecule has 2 nitrogen and oxygen atoms in total. The predicted octanol–water partition coefficient (Wildman–Crippen LogP) is 3.60. The SMILES string of the molecule is CC(C)C[C@@H]1OC(C)(C)O[C@H]1CC(C)C. The Kier molecular flexibility index (Phi) is 4.19. The van der Waals surface area contributed by atoms with E-state index in [0.29, 0.717) is 11.8 Å². The van der Waals surface area contributed by atoms with Crippen LogP contribution in [0.25, 0.3) is 0 Å². The number of ether oxygens (including phenoxy) is 2. The van der Waals surface area contributed by atoms with Crippen LogP contribution in [0.2, 0.25) is 0 Å². The minimum absolute atomic E-state index is 0.280. The smallest absolute Gasteiger partial charge is 0.163 e. The van der Waals surface area contributed by atoms with Gasteiger partial charge in [0.15, 0.2) is 5.79 Å². The van der Waals surface area contributed by atoms with Crippen LogP contribution in [0.1, 0.15) is 54.4 Å². The molecular formula is C13H26O2. The van der Waals surface area contributed by atoms with Crippen LogP contribution in [0.15, 0.2) is 0 Å². The molecule has 0 amide bonds. The Balaban J connectivity index is 2.57. The molecule has 1 saturated heterocycles. The Bertz CT molecular complexity index is 177. The van der Waals surface area contributed by atoms with Gasteiger partial charge in [-0.15, -0.1) is 0 Å². The minimum Gasteiger partial charge on any atom is -0.345 e. The summed E-state index contributed by atoms with van der Waals surface area (Å²) >= 11 is 0. The van der Waals surface area contributed by atoms with Crippen molar-refractivity contribution in [2.45, 2.75) is 72.4 Å². The van der Waals surface area contributed by atoms with Gasteiger partial charge in [0.1, 0.15) is 0 Å². The van der Waals surface area contributed by atoms with E-state index in [1.807, 2.05) is 13.8 Å². The zero-order valence-electron chi connectivity index (χ0n) is 11.0. The second-order valence-electron chi connectivity index (χ2n) is 5.97. The molecule has 0 radical (unpaired) electrons. The molecule has 0 unspecified atom stereocenters. The van der Waals surface area contributed by atoms with Crippen LogP contribution in [0.4, 0.5) is 0 Å². The van der Waals surface area contributed by atoms with Crippen molar-refractivity contribution in [3.8, 4) is 0 Å². The highest BCUT2D eigenvalue weighted by atomic mass is 16.7. The van der Waals surface area contributed by atoms with Crippen molar-refractivity contribution >= 4 is 0 Å². The monoisotopic (exact) mass is 214 g/mol. The first-order chi connectivity index (χ1) is 6.80. The molecular weight excluding hydrogens is 188 g/mol. The molecule has 0 N–H and O–H groups in total. The highest BCUT2D eigenvalue weighted by Gasteiger charge is 2.41. The zero-order chi connectivity index (χ0) is 11.6. The normalized spacial score (nSPS) is 30.4. The number of hydrogen-bond donors (Lipinski definition) is 0. The van der Waals surface area contributed by atoms with Gasteiger partial charge in [-0.05, 0) is 38.5 Å². The average Bonchev–Trinajstić information content (AvgIpc) is 2.22. The van der Waals surface area contributed by atoms with Crippen molar-refractivity contribution in [2.24, 2.45) is 11.8 Å². The van der Waals surface area contributed by atoms with Crippen molar-refractivity contribution in [3.05, 3.63) is 0 Å². The summed E-state index contributed by atoms with van der Waals surface area (Å²) in [4.78, 5) is 0. The Hall–Kier alpha value is -0.0800. The highest BCUT2D eigenvalue weighted by molar-refractivity contribution is 4.82. The molecule has 1 heterocycles. The Morgan fingerprint density at radius 3 is 1.47 bits per heavy atom. The van der Waals surface area contributed by atoms with Gasteiger partial charge in [0.2, 0.25) is 0 Å². The standard InChI is InChI=1S/C13H26O2/c1-9(2)7-11-12(8-10(3)4)15-13(5,6)14-11/h9-12H,7-8H2,1-6H3/t11-,12-/m0/s1. The topological polar surface area (TPSA) is 18.5 Å². The molecule has 0 aromatic heterocycles.